The van der Waals surface area contributed by atoms with E-state index in [9.17, 15) is 4.79 Å². The number of nitriles is 1. The van der Waals surface area contributed by atoms with Crippen molar-refractivity contribution in [3.05, 3.63) is 22.8 Å². The van der Waals surface area contributed by atoms with Crippen molar-refractivity contribution in [2.45, 2.75) is 12.8 Å². The van der Waals surface area contributed by atoms with Crippen molar-refractivity contribution in [2.24, 2.45) is 5.92 Å². The Bertz CT molecular complexity index is 493. The lowest BCUT2D eigenvalue weighted by Crippen LogP contribution is -2.30. The summed E-state index contributed by atoms with van der Waals surface area (Å²) in [6.45, 7) is 1.05. The van der Waals surface area contributed by atoms with Gasteiger partial charge in [-0.2, -0.15) is 5.26 Å². The highest BCUT2D eigenvalue weighted by atomic mass is 35.5. The molecule has 1 aromatic heterocycles. The number of carbonyl (C=O) groups excluding carboxylic acids is 1. The molecule has 0 aromatic carbocycles. The first-order chi connectivity index (χ1) is 8.72. The van der Waals surface area contributed by atoms with Gasteiger partial charge in [0.2, 0.25) is 5.91 Å². The van der Waals surface area contributed by atoms with Crippen LogP contribution >= 0.6 is 11.6 Å². The molecule has 1 amide bonds. The molecule has 0 aliphatic heterocycles. The number of nitrogens with zero attached hydrogens (tertiary/aromatic N) is 2. The van der Waals surface area contributed by atoms with Gasteiger partial charge in [0.25, 0.3) is 0 Å². The predicted molar refractivity (Wildman–Crippen MR) is 68.2 cm³/mol. The summed E-state index contributed by atoms with van der Waals surface area (Å²) in [7, 11) is 0. The summed E-state index contributed by atoms with van der Waals surface area (Å²) in [5.41, 5.74) is 0.385. The first kappa shape index (κ1) is 12.7. The zero-order valence-electron chi connectivity index (χ0n) is 9.74. The molecule has 1 aliphatic rings. The van der Waals surface area contributed by atoms with Crippen LogP contribution in [0.15, 0.2) is 12.3 Å². The van der Waals surface area contributed by atoms with Crippen LogP contribution in [0.3, 0.4) is 0 Å². The molecule has 0 spiro atoms. The van der Waals surface area contributed by atoms with E-state index in [1.807, 2.05) is 6.07 Å². The Hall–Kier alpha value is -1.80. The standard InChI is InChI=1S/C12H13ClN4O/c13-10-9(7-14)3-4-15-11(10)16-5-6-17-12(18)8-1-2-8/h3-4,8H,1-2,5-6H2,(H,15,16)(H,17,18). The van der Waals surface area contributed by atoms with Gasteiger partial charge in [-0.1, -0.05) is 11.6 Å². The molecule has 5 nitrogen and oxygen atoms in total. The molecule has 1 heterocycles. The number of nitrogens with one attached hydrogen (secondary N) is 2. The quantitative estimate of drug-likeness (QED) is 0.791. The van der Waals surface area contributed by atoms with Crippen molar-refractivity contribution in [2.75, 3.05) is 18.4 Å². The summed E-state index contributed by atoms with van der Waals surface area (Å²) in [6, 6.07) is 3.54. The van der Waals surface area contributed by atoms with Gasteiger partial charge in [0, 0.05) is 25.2 Å². The Morgan fingerprint density at radius 2 is 2.33 bits per heavy atom. The third-order valence-corrected chi connectivity index (χ3v) is 3.06. The summed E-state index contributed by atoms with van der Waals surface area (Å²) in [5.74, 6) is 0.798. The molecule has 1 fully saturated rings. The van der Waals surface area contributed by atoms with E-state index in [4.69, 9.17) is 16.9 Å². The Labute approximate surface area is 110 Å². The summed E-state index contributed by atoms with van der Waals surface area (Å²) in [6.07, 6.45) is 3.52. The number of hydrogen-bond acceptors (Lipinski definition) is 4. The molecule has 6 heteroatoms. The molecule has 2 rings (SSSR count). The van der Waals surface area contributed by atoms with E-state index in [1.165, 1.54) is 6.20 Å². The summed E-state index contributed by atoms with van der Waals surface area (Å²) < 4.78 is 0. The van der Waals surface area contributed by atoms with E-state index in [2.05, 4.69) is 15.6 Å². The fraction of sp³-hybridized carbons (Fsp3) is 0.417. The van der Waals surface area contributed by atoms with Gasteiger partial charge in [-0.05, 0) is 18.9 Å². The summed E-state index contributed by atoms with van der Waals surface area (Å²) in [5, 5.41) is 14.9. The van der Waals surface area contributed by atoms with E-state index in [-0.39, 0.29) is 11.8 Å². The zero-order valence-corrected chi connectivity index (χ0v) is 10.5. The Morgan fingerprint density at radius 3 is 3.00 bits per heavy atom. The van der Waals surface area contributed by atoms with Crippen LogP contribution in [0.1, 0.15) is 18.4 Å². The van der Waals surface area contributed by atoms with E-state index < -0.39 is 0 Å². The van der Waals surface area contributed by atoms with Crippen molar-refractivity contribution >= 4 is 23.3 Å². The maximum atomic E-state index is 11.4. The number of pyridine rings is 1. The minimum Gasteiger partial charge on any atom is -0.367 e. The van der Waals surface area contributed by atoms with Gasteiger partial charge >= 0.3 is 0 Å². The monoisotopic (exact) mass is 264 g/mol. The van der Waals surface area contributed by atoms with Crippen LogP contribution in [0.5, 0.6) is 0 Å². The topological polar surface area (TPSA) is 77.8 Å². The van der Waals surface area contributed by atoms with E-state index >= 15 is 0 Å². The smallest absolute Gasteiger partial charge is 0.223 e. The highest BCUT2D eigenvalue weighted by molar-refractivity contribution is 6.34. The van der Waals surface area contributed by atoms with Crippen LogP contribution in [-0.2, 0) is 4.79 Å². The average molecular weight is 265 g/mol. The van der Waals surface area contributed by atoms with Crippen LogP contribution in [0.25, 0.3) is 0 Å². The lowest BCUT2D eigenvalue weighted by atomic mass is 10.3. The van der Waals surface area contributed by atoms with Crippen LogP contribution in [0, 0.1) is 17.2 Å². The number of hydrogen-bond donors (Lipinski definition) is 2. The second-order valence-electron chi connectivity index (χ2n) is 4.12. The van der Waals surface area contributed by atoms with Gasteiger partial charge in [-0.15, -0.1) is 0 Å². The molecule has 94 valence electrons. The first-order valence-electron chi connectivity index (χ1n) is 5.78. The highest BCUT2D eigenvalue weighted by Gasteiger charge is 2.28. The first-order valence-corrected chi connectivity index (χ1v) is 6.16. The molecule has 1 saturated carbocycles. The molecular weight excluding hydrogens is 252 g/mol. The van der Waals surface area contributed by atoms with Crippen LogP contribution in [0.4, 0.5) is 5.82 Å². The molecule has 2 N–H and O–H groups in total. The van der Waals surface area contributed by atoms with Crippen molar-refractivity contribution in [3.8, 4) is 6.07 Å². The Balaban J connectivity index is 1.79. The maximum Gasteiger partial charge on any atom is 0.223 e. The molecule has 18 heavy (non-hydrogen) atoms. The normalized spacial score (nSPS) is 13.8. The highest BCUT2D eigenvalue weighted by Crippen LogP contribution is 2.28. The van der Waals surface area contributed by atoms with Gasteiger partial charge in [0.15, 0.2) is 0 Å². The summed E-state index contributed by atoms with van der Waals surface area (Å²) >= 11 is 5.98. The van der Waals surface area contributed by atoms with Crippen molar-refractivity contribution in [3.63, 3.8) is 0 Å². The summed E-state index contributed by atoms with van der Waals surface area (Å²) in [4.78, 5) is 15.4. The minimum absolute atomic E-state index is 0.113. The lowest BCUT2D eigenvalue weighted by molar-refractivity contribution is -0.122. The van der Waals surface area contributed by atoms with Crippen LogP contribution in [0.2, 0.25) is 5.02 Å². The average Bonchev–Trinajstić information content (AvgIpc) is 3.20. The largest absolute Gasteiger partial charge is 0.367 e. The Kier molecular flexibility index (Phi) is 4.00. The molecule has 0 unspecified atom stereocenters. The fourth-order valence-corrected chi connectivity index (χ4v) is 1.73. The zero-order chi connectivity index (χ0) is 13.0. The van der Waals surface area contributed by atoms with Crippen molar-refractivity contribution in [1.82, 2.24) is 10.3 Å². The van der Waals surface area contributed by atoms with Crippen LogP contribution < -0.4 is 10.6 Å². The number of aromatic nitrogens is 1. The second-order valence-corrected chi connectivity index (χ2v) is 4.50. The predicted octanol–water partition coefficient (Wildman–Crippen LogP) is 1.54. The van der Waals surface area contributed by atoms with Gasteiger partial charge < -0.3 is 10.6 Å². The van der Waals surface area contributed by atoms with Gasteiger partial charge in [-0.3, -0.25) is 4.79 Å². The minimum atomic E-state index is 0.113. The molecular formula is C12H13ClN4O. The van der Waals surface area contributed by atoms with Crippen molar-refractivity contribution in [1.29, 1.82) is 5.26 Å². The fourth-order valence-electron chi connectivity index (χ4n) is 1.51. The van der Waals surface area contributed by atoms with E-state index in [1.54, 1.807) is 6.07 Å². The molecule has 1 aromatic rings. The van der Waals surface area contributed by atoms with Gasteiger partial charge in [-0.25, -0.2) is 4.98 Å². The number of rotatable bonds is 5. The molecule has 0 saturated heterocycles. The number of carbonyl (C=O) groups is 1. The van der Waals surface area contributed by atoms with Gasteiger partial charge in [0.05, 0.1) is 5.56 Å². The Morgan fingerprint density at radius 1 is 1.56 bits per heavy atom. The van der Waals surface area contributed by atoms with E-state index in [0.29, 0.717) is 29.5 Å². The third kappa shape index (κ3) is 3.11. The molecule has 0 radical (unpaired) electrons. The molecule has 0 bridgehead atoms. The van der Waals surface area contributed by atoms with Crippen LogP contribution in [-0.4, -0.2) is 24.0 Å². The number of amides is 1. The molecule has 1 aliphatic carbocycles. The number of anilines is 1. The maximum absolute atomic E-state index is 11.4. The lowest BCUT2D eigenvalue weighted by Gasteiger charge is -2.08. The van der Waals surface area contributed by atoms with Crippen molar-refractivity contribution < 1.29 is 4.79 Å². The number of halogens is 1. The third-order valence-electron chi connectivity index (χ3n) is 2.67. The molecule has 0 atom stereocenters. The van der Waals surface area contributed by atoms with E-state index in [0.717, 1.165) is 12.8 Å². The van der Waals surface area contributed by atoms with Gasteiger partial charge in [0.1, 0.15) is 16.9 Å². The second kappa shape index (κ2) is 5.69. The SMILES string of the molecule is N#Cc1ccnc(NCCNC(=O)C2CC2)c1Cl.